The van der Waals surface area contributed by atoms with E-state index in [1.807, 2.05) is 0 Å². The van der Waals surface area contributed by atoms with Gasteiger partial charge in [0.15, 0.2) is 0 Å². The highest BCUT2D eigenvalue weighted by molar-refractivity contribution is 7.80. The summed E-state index contributed by atoms with van der Waals surface area (Å²) >= 11 is 4.42. The molecule has 1 aliphatic carbocycles. The third-order valence-corrected chi connectivity index (χ3v) is 3.51. The van der Waals surface area contributed by atoms with E-state index in [2.05, 4.69) is 12.6 Å². The molecule has 0 radical (unpaired) electrons. The molecule has 0 saturated heterocycles. The Balaban J connectivity index is 2.16. The van der Waals surface area contributed by atoms with E-state index in [4.69, 9.17) is 9.47 Å². The summed E-state index contributed by atoms with van der Waals surface area (Å²) in [6.45, 7) is 2.27. The van der Waals surface area contributed by atoms with Gasteiger partial charge < -0.3 is 9.47 Å². The van der Waals surface area contributed by atoms with Crippen LogP contribution >= 0.6 is 12.6 Å². The molecule has 13 heavy (non-hydrogen) atoms. The van der Waals surface area contributed by atoms with Gasteiger partial charge in [-0.25, -0.2) is 0 Å². The Morgan fingerprint density at radius 2 is 1.92 bits per heavy atom. The van der Waals surface area contributed by atoms with Gasteiger partial charge in [0.2, 0.25) is 0 Å². The van der Waals surface area contributed by atoms with Crippen molar-refractivity contribution in [1.29, 1.82) is 0 Å². The van der Waals surface area contributed by atoms with E-state index in [0.717, 1.165) is 12.4 Å². The zero-order valence-electron chi connectivity index (χ0n) is 8.42. The highest BCUT2D eigenvalue weighted by atomic mass is 32.1. The molecule has 0 heterocycles. The van der Waals surface area contributed by atoms with Crippen molar-refractivity contribution in [3.05, 3.63) is 0 Å². The second-order valence-electron chi connectivity index (χ2n) is 3.91. The number of rotatable bonds is 6. The van der Waals surface area contributed by atoms with Crippen LogP contribution in [0.2, 0.25) is 0 Å². The second-order valence-corrected chi connectivity index (χ2v) is 4.23. The van der Waals surface area contributed by atoms with Crippen molar-refractivity contribution in [2.45, 2.75) is 25.7 Å². The van der Waals surface area contributed by atoms with Gasteiger partial charge in [0.25, 0.3) is 0 Å². The van der Waals surface area contributed by atoms with Gasteiger partial charge in [-0.1, -0.05) is 12.8 Å². The van der Waals surface area contributed by atoms with Gasteiger partial charge in [0, 0.05) is 12.5 Å². The highest BCUT2D eigenvalue weighted by Crippen LogP contribution is 2.39. The van der Waals surface area contributed by atoms with Crippen molar-refractivity contribution >= 4 is 12.6 Å². The summed E-state index contributed by atoms with van der Waals surface area (Å²) in [5.41, 5.74) is 0.372. The second kappa shape index (κ2) is 5.89. The maximum atomic E-state index is 5.58. The van der Waals surface area contributed by atoms with Gasteiger partial charge >= 0.3 is 0 Å². The van der Waals surface area contributed by atoms with Crippen molar-refractivity contribution in [1.82, 2.24) is 0 Å². The molecule has 1 saturated carbocycles. The molecule has 1 rings (SSSR count). The zero-order chi connectivity index (χ0) is 9.57. The van der Waals surface area contributed by atoms with Crippen LogP contribution in [0.1, 0.15) is 25.7 Å². The third kappa shape index (κ3) is 3.49. The maximum Gasteiger partial charge on any atom is 0.0700 e. The third-order valence-electron chi connectivity index (χ3n) is 2.84. The minimum atomic E-state index is 0.372. The van der Waals surface area contributed by atoms with Crippen molar-refractivity contribution in [2.75, 3.05) is 32.7 Å². The largest absolute Gasteiger partial charge is 0.382 e. The smallest absolute Gasteiger partial charge is 0.0700 e. The van der Waals surface area contributed by atoms with Gasteiger partial charge in [-0.15, -0.1) is 0 Å². The molecule has 2 nitrogen and oxygen atoms in total. The Kier molecular flexibility index (Phi) is 5.14. The van der Waals surface area contributed by atoms with E-state index in [1.54, 1.807) is 7.11 Å². The molecular formula is C10H20O2S. The van der Waals surface area contributed by atoms with E-state index in [-0.39, 0.29) is 0 Å². The number of hydrogen-bond donors (Lipinski definition) is 1. The lowest BCUT2D eigenvalue weighted by Crippen LogP contribution is -2.26. The minimum Gasteiger partial charge on any atom is -0.382 e. The van der Waals surface area contributed by atoms with E-state index in [0.29, 0.717) is 18.6 Å². The Labute approximate surface area is 86.4 Å². The Bertz CT molecular complexity index is 133. The summed E-state index contributed by atoms with van der Waals surface area (Å²) in [7, 11) is 1.70. The molecule has 0 aromatic carbocycles. The van der Waals surface area contributed by atoms with E-state index in [9.17, 15) is 0 Å². The summed E-state index contributed by atoms with van der Waals surface area (Å²) in [4.78, 5) is 0. The molecule has 0 aromatic rings. The lowest BCUT2D eigenvalue weighted by Gasteiger charge is -2.26. The van der Waals surface area contributed by atoms with Crippen LogP contribution in [0.15, 0.2) is 0 Å². The molecule has 0 aromatic heterocycles. The average molecular weight is 204 g/mol. The summed E-state index contributed by atoms with van der Waals surface area (Å²) in [5.74, 6) is 0.958. The van der Waals surface area contributed by atoms with E-state index >= 15 is 0 Å². The molecule has 3 heteroatoms. The summed E-state index contributed by atoms with van der Waals surface area (Å²) in [6.07, 6.45) is 5.25. The SMILES string of the molecule is COCCOCC1(CS)CCCC1. The quantitative estimate of drug-likeness (QED) is 0.528. The summed E-state index contributed by atoms with van der Waals surface area (Å²) in [5, 5.41) is 0. The summed E-state index contributed by atoms with van der Waals surface area (Å²) < 4.78 is 10.5. The molecule has 1 aliphatic rings. The zero-order valence-corrected chi connectivity index (χ0v) is 9.31. The van der Waals surface area contributed by atoms with Crippen LogP contribution in [0.3, 0.4) is 0 Å². The van der Waals surface area contributed by atoms with Crippen LogP contribution < -0.4 is 0 Å². The number of methoxy groups -OCH3 is 1. The fourth-order valence-corrected chi connectivity index (χ4v) is 2.31. The maximum absolute atomic E-state index is 5.58. The molecule has 0 spiro atoms. The molecule has 78 valence electrons. The van der Waals surface area contributed by atoms with Crippen molar-refractivity contribution in [2.24, 2.45) is 5.41 Å². The van der Waals surface area contributed by atoms with Crippen molar-refractivity contribution < 1.29 is 9.47 Å². The normalized spacial score (nSPS) is 20.8. The topological polar surface area (TPSA) is 18.5 Å². The van der Waals surface area contributed by atoms with Crippen LogP contribution in [0.4, 0.5) is 0 Å². The van der Waals surface area contributed by atoms with Gasteiger partial charge in [-0.05, 0) is 18.6 Å². The van der Waals surface area contributed by atoms with E-state index in [1.165, 1.54) is 25.7 Å². The molecule has 1 fully saturated rings. The van der Waals surface area contributed by atoms with Crippen LogP contribution in [-0.4, -0.2) is 32.7 Å². The Hall–Kier alpha value is 0.270. The average Bonchev–Trinajstić information content (AvgIpc) is 2.62. The first kappa shape index (κ1) is 11.3. The van der Waals surface area contributed by atoms with Crippen LogP contribution in [0.5, 0.6) is 0 Å². The van der Waals surface area contributed by atoms with Crippen LogP contribution in [-0.2, 0) is 9.47 Å². The molecule has 0 N–H and O–H groups in total. The predicted molar refractivity (Wildman–Crippen MR) is 57.4 cm³/mol. The monoisotopic (exact) mass is 204 g/mol. The minimum absolute atomic E-state index is 0.372. The first-order valence-corrected chi connectivity index (χ1v) is 5.64. The Morgan fingerprint density at radius 3 is 2.46 bits per heavy atom. The fourth-order valence-electron chi connectivity index (χ4n) is 1.90. The molecular weight excluding hydrogens is 184 g/mol. The van der Waals surface area contributed by atoms with Crippen LogP contribution in [0.25, 0.3) is 0 Å². The number of thiol groups is 1. The Morgan fingerprint density at radius 1 is 1.23 bits per heavy atom. The summed E-state index contributed by atoms with van der Waals surface area (Å²) in [6, 6.07) is 0. The highest BCUT2D eigenvalue weighted by Gasteiger charge is 2.32. The predicted octanol–water partition coefficient (Wildman–Crippen LogP) is 2.14. The van der Waals surface area contributed by atoms with Crippen molar-refractivity contribution in [3.8, 4) is 0 Å². The first-order valence-electron chi connectivity index (χ1n) is 5.00. The van der Waals surface area contributed by atoms with Gasteiger partial charge in [-0.2, -0.15) is 12.6 Å². The molecule has 0 atom stereocenters. The van der Waals surface area contributed by atoms with Gasteiger partial charge in [-0.3, -0.25) is 0 Å². The fraction of sp³-hybridized carbons (Fsp3) is 1.00. The standard InChI is InChI=1S/C10H20O2S/c1-11-6-7-12-8-10(9-13)4-2-3-5-10/h13H,2-9H2,1H3. The molecule has 0 amide bonds. The van der Waals surface area contributed by atoms with Crippen LogP contribution in [0, 0.1) is 5.41 Å². The number of ether oxygens (including phenoxy) is 2. The lowest BCUT2D eigenvalue weighted by molar-refractivity contribution is 0.0257. The first-order chi connectivity index (χ1) is 6.33. The lowest BCUT2D eigenvalue weighted by atomic mass is 9.90. The molecule has 0 bridgehead atoms. The van der Waals surface area contributed by atoms with Gasteiger partial charge in [0.1, 0.15) is 0 Å². The van der Waals surface area contributed by atoms with E-state index < -0.39 is 0 Å². The molecule has 0 unspecified atom stereocenters. The molecule has 0 aliphatic heterocycles. The van der Waals surface area contributed by atoms with Gasteiger partial charge in [0.05, 0.1) is 19.8 Å². The number of hydrogen-bond acceptors (Lipinski definition) is 3. The van der Waals surface area contributed by atoms with Crippen molar-refractivity contribution in [3.63, 3.8) is 0 Å².